The van der Waals surface area contributed by atoms with E-state index in [0.29, 0.717) is 25.1 Å². The van der Waals surface area contributed by atoms with Gasteiger partial charge < -0.3 is 15.5 Å². The first-order valence-electron chi connectivity index (χ1n) is 8.95. The highest BCUT2D eigenvalue weighted by Gasteiger charge is 2.38. The Morgan fingerprint density at radius 3 is 2.63 bits per heavy atom. The largest absolute Gasteiger partial charge is 0.355 e. The average molecular weight is 369 g/mol. The van der Waals surface area contributed by atoms with Crippen molar-refractivity contribution in [1.29, 1.82) is 0 Å². The van der Waals surface area contributed by atoms with Crippen molar-refractivity contribution in [3.05, 3.63) is 48.3 Å². The molecule has 1 aromatic carbocycles. The number of nitrogens with one attached hydrogen (secondary N) is 2. The summed E-state index contributed by atoms with van der Waals surface area (Å²) in [7, 11) is 0. The Hall–Kier alpha value is -3.16. The number of aromatic nitrogens is 2. The van der Waals surface area contributed by atoms with Crippen molar-refractivity contribution < 1.29 is 14.4 Å². The summed E-state index contributed by atoms with van der Waals surface area (Å²) in [5, 5.41) is 9.87. The molecule has 0 radical (unpaired) electrons. The number of carbonyl (C=O) groups excluding carboxylic acids is 3. The SMILES string of the molecule is CCNC(=O)[C@@H]1C[C@H](NC(=O)c2cnn(-c3ccccc3)c2)CN1C(C)=O. The second-order valence-electron chi connectivity index (χ2n) is 6.50. The monoisotopic (exact) mass is 369 g/mol. The third kappa shape index (κ3) is 4.16. The van der Waals surface area contributed by atoms with Crippen LogP contribution in [-0.4, -0.2) is 57.6 Å². The number of benzene rings is 1. The van der Waals surface area contributed by atoms with Crippen molar-refractivity contribution in [3.8, 4) is 5.69 Å². The maximum absolute atomic E-state index is 12.6. The lowest BCUT2D eigenvalue weighted by molar-refractivity contribution is -0.136. The molecule has 0 saturated carbocycles. The molecule has 2 heterocycles. The van der Waals surface area contributed by atoms with Crippen LogP contribution >= 0.6 is 0 Å². The molecule has 1 fully saturated rings. The highest BCUT2D eigenvalue weighted by molar-refractivity contribution is 5.94. The van der Waals surface area contributed by atoms with Crippen molar-refractivity contribution in [3.63, 3.8) is 0 Å². The van der Waals surface area contributed by atoms with E-state index in [9.17, 15) is 14.4 Å². The summed E-state index contributed by atoms with van der Waals surface area (Å²) >= 11 is 0. The van der Waals surface area contributed by atoms with Crippen LogP contribution in [0.3, 0.4) is 0 Å². The van der Waals surface area contributed by atoms with E-state index < -0.39 is 6.04 Å². The molecule has 1 aromatic heterocycles. The Bertz CT molecular complexity index is 833. The molecule has 1 saturated heterocycles. The molecule has 3 rings (SSSR count). The zero-order valence-electron chi connectivity index (χ0n) is 15.4. The zero-order valence-corrected chi connectivity index (χ0v) is 15.4. The molecule has 0 unspecified atom stereocenters. The smallest absolute Gasteiger partial charge is 0.254 e. The first-order valence-corrected chi connectivity index (χ1v) is 8.95. The molecule has 2 atom stereocenters. The normalized spacial score (nSPS) is 19.0. The average Bonchev–Trinajstić information content (AvgIpc) is 3.30. The number of carbonyl (C=O) groups is 3. The molecule has 0 spiro atoms. The number of rotatable bonds is 5. The fourth-order valence-corrected chi connectivity index (χ4v) is 3.26. The molecule has 0 bridgehead atoms. The van der Waals surface area contributed by atoms with Crippen molar-refractivity contribution in [1.82, 2.24) is 25.3 Å². The molecular weight excluding hydrogens is 346 g/mol. The van der Waals surface area contributed by atoms with Gasteiger partial charge in [0.25, 0.3) is 5.91 Å². The zero-order chi connectivity index (χ0) is 19.4. The van der Waals surface area contributed by atoms with Crippen LogP contribution in [0.25, 0.3) is 5.69 Å². The first-order chi connectivity index (χ1) is 13.0. The summed E-state index contributed by atoms with van der Waals surface area (Å²) in [5.41, 5.74) is 1.28. The van der Waals surface area contributed by atoms with E-state index in [4.69, 9.17) is 0 Å². The molecule has 3 amide bonds. The maximum Gasteiger partial charge on any atom is 0.254 e. The van der Waals surface area contributed by atoms with Gasteiger partial charge in [0.15, 0.2) is 0 Å². The minimum Gasteiger partial charge on any atom is -0.355 e. The summed E-state index contributed by atoms with van der Waals surface area (Å²) in [4.78, 5) is 38.1. The molecule has 27 heavy (non-hydrogen) atoms. The lowest BCUT2D eigenvalue weighted by Gasteiger charge is -2.21. The quantitative estimate of drug-likeness (QED) is 0.812. The summed E-state index contributed by atoms with van der Waals surface area (Å²) < 4.78 is 1.63. The van der Waals surface area contributed by atoms with Gasteiger partial charge >= 0.3 is 0 Å². The van der Waals surface area contributed by atoms with Crippen LogP contribution in [0, 0.1) is 0 Å². The minimum absolute atomic E-state index is 0.181. The third-order valence-corrected chi connectivity index (χ3v) is 4.56. The van der Waals surface area contributed by atoms with Gasteiger partial charge in [0.2, 0.25) is 11.8 Å². The minimum atomic E-state index is -0.556. The lowest BCUT2D eigenvalue weighted by atomic mass is 10.1. The second-order valence-corrected chi connectivity index (χ2v) is 6.50. The lowest BCUT2D eigenvalue weighted by Crippen LogP contribution is -2.45. The Kier molecular flexibility index (Phi) is 5.54. The van der Waals surface area contributed by atoms with E-state index in [-0.39, 0.29) is 23.8 Å². The van der Waals surface area contributed by atoms with E-state index in [1.807, 2.05) is 37.3 Å². The van der Waals surface area contributed by atoms with Gasteiger partial charge in [0, 0.05) is 32.3 Å². The van der Waals surface area contributed by atoms with Crippen LogP contribution in [0.4, 0.5) is 0 Å². The van der Waals surface area contributed by atoms with Gasteiger partial charge in [-0.25, -0.2) is 4.68 Å². The molecule has 8 heteroatoms. The molecule has 1 aliphatic rings. The molecular formula is C19H23N5O3. The van der Waals surface area contributed by atoms with Gasteiger partial charge in [-0.15, -0.1) is 0 Å². The number of hydrogen-bond donors (Lipinski definition) is 2. The van der Waals surface area contributed by atoms with Crippen molar-refractivity contribution in [2.45, 2.75) is 32.4 Å². The number of likely N-dealkylation sites (tertiary alicyclic amines) is 1. The van der Waals surface area contributed by atoms with Gasteiger partial charge in [0.05, 0.1) is 17.4 Å². The third-order valence-electron chi connectivity index (χ3n) is 4.56. The fourth-order valence-electron chi connectivity index (χ4n) is 3.26. The van der Waals surface area contributed by atoms with E-state index in [1.54, 1.807) is 10.9 Å². The maximum atomic E-state index is 12.6. The Labute approximate surface area is 157 Å². The van der Waals surface area contributed by atoms with Crippen LogP contribution in [-0.2, 0) is 9.59 Å². The molecule has 1 aliphatic heterocycles. The van der Waals surface area contributed by atoms with Crippen LogP contribution in [0.5, 0.6) is 0 Å². The highest BCUT2D eigenvalue weighted by atomic mass is 16.2. The summed E-state index contributed by atoms with van der Waals surface area (Å²) in [6, 6.07) is 8.65. The van der Waals surface area contributed by atoms with Crippen molar-refractivity contribution >= 4 is 17.7 Å². The number of likely N-dealkylation sites (N-methyl/N-ethyl adjacent to an activating group) is 1. The summed E-state index contributed by atoms with van der Waals surface area (Å²) in [6.45, 7) is 4.07. The topological polar surface area (TPSA) is 96.3 Å². The number of amides is 3. The number of para-hydroxylation sites is 1. The summed E-state index contributed by atoms with van der Waals surface area (Å²) in [5.74, 6) is -0.650. The van der Waals surface area contributed by atoms with Gasteiger partial charge in [0.1, 0.15) is 6.04 Å². The van der Waals surface area contributed by atoms with E-state index in [2.05, 4.69) is 15.7 Å². The Morgan fingerprint density at radius 1 is 1.22 bits per heavy atom. The molecule has 2 N–H and O–H groups in total. The summed E-state index contributed by atoms with van der Waals surface area (Å²) in [6.07, 6.45) is 3.55. The molecule has 8 nitrogen and oxygen atoms in total. The van der Waals surface area contributed by atoms with Crippen molar-refractivity contribution in [2.75, 3.05) is 13.1 Å². The van der Waals surface area contributed by atoms with Crippen LogP contribution in [0.2, 0.25) is 0 Å². The van der Waals surface area contributed by atoms with Gasteiger partial charge in [-0.05, 0) is 25.5 Å². The Morgan fingerprint density at radius 2 is 1.96 bits per heavy atom. The molecule has 142 valence electrons. The van der Waals surface area contributed by atoms with Gasteiger partial charge in [-0.1, -0.05) is 18.2 Å². The van der Waals surface area contributed by atoms with Crippen molar-refractivity contribution in [2.24, 2.45) is 0 Å². The predicted molar refractivity (Wildman–Crippen MR) is 99.3 cm³/mol. The van der Waals surface area contributed by atoms with Crippen LogP contribution < -0.4 is 10.6 Å². The molecule has 2 aromatic rings. The predicted octanol–water partition coefficient (Wildman–Crippen LogP) is 0.728. The van der Waals surface area contributed by atoms with Gasteiger partial charge in [-0.3, -0.25) is 14.4 Å². The second kappa shape index (κ2) is 8.03. The van der Waals surface area contributed by atoms with Crippen LogP contribution in [0.15, 0.2) is 42.7 Å². The van der Waals surface area contributed by atoms with E-state index in [1.165, 1.54) is 18.0 Å². The van der Waals surface area contributed by atoms with E-state index >= 15 is 0 Å². The Balaban J connectivity index is 1.67. The molecule has 0 aliphatic carbocycles. The first kappa shape index (κ1) is 18.6. The number of nitrogens with zero attached hydrogens (tertiary/aromatic N) is 3. The number of hydrogen-bond acceptors (Lipinski definition) is 4. The highest BCUT2D eigenvalue weighted by Crippen LogP contribution is 2.19. The van der Waals surface area contributed by atoms with Crippen LogP contribution in [0.1, 0.15) is 30.6 Å². The van der Waals surface area contributed by atoms with E-state index in [0.717, 1.165) is 5.69 Å². The fraction of sp³-hybridized carbons (Fsp3) is 0.368. The standard InChI is InChI=1S/C19H23N5O3/c1-3-20-19(27)17-9-15(12-23(17)13(2)25)22-18(26)14-10-21-24(11-14)16-7-5-4-6-8-16/h4-8,10-11,15,17H,3,9,12H2,1-2H3,(H,20,27)(H,22,26)/t15-,17-/m0/s1. The van der Waals surface area contributed by atoms with Gasteiger partial charge in [-0.2, -0.15) is 5.10 Å².